The molecule has 138 valence electrons. The molecule has 0 fully saturated rings. The molecule has 0 spiro atoms. The highest BCUT2D eigenvalue weighted by atomic mass is 16.2. The molecule has 4 nitrogen and oxygen atoms in total. The molecule has 0 saturated carbocycles. The van der Waals surface area contributed by atoms with Crippen LogP contribution in [0.1, 0.15) is 39.2 Å². The Balaban J connectivity index is 1.97. The van der Waals surface area contributed by atoms with Gasteiger partial charge in [-0.1, -0.05) is 32.0 Å². The van der Waals surface area contributed by atoms with Gasteiger partial charge in [0.05, 0.1) is 5.52 Å². The van der Waals surface area contributed by atoms with Crippen LogP contribution in [0.5, 0.6) is 0 Å². The lowest BCUT2D eigenvalue weighted by Crippen LogP contribution is -2.29. The Bertz CT molecular complexity index is 1090. The van der Waals surface area contributed by atoms with Crippen molar-refractivity contribution < 1.29 is 4.79 Å². The van der Waals surface area contributed by atoms with E-state index in [1.807, 2.05) is 39.9 Å². The molecule has 27 heavy (non-hydrogen) atoms. The van der Waals surface area contributed by atoms with Gasteiger partial charge in [-0.15, -0.1) is 0 Å². The molecule has 1 aromatic heterocycles. The molecule has 1 aliphatic heterocycles. The van der Waals surface area contributed by atoms with Crippen molar-refractivity contribution in [1.82, 2.24) is 4.57 Å². The summed E-state index contributed by atoms with van der Waals surface area (Å²) in [5.74, 6) is 0.0656. The summed E-state index contributed by atoms with van der Waals surface area (Å²) in [4.78, 5) is 26.4. The second kappa shape index (κ2) is 6.38. The van der Waals surface area contributed by atoms with Gasteiger partial charge in [-0.05, 0) is 48.1 Å². The van der Waals surface area contributed by atoms with Crippen molar-refractivity contribution in [2.24, 2.45) is 0 Å². The molecule has 1 amide bonds. The first-order valence-corrected chi connectivity index (χ1v) is 9.42. The van der Waals surface area contributed by atoms with Crippen LogP contribution in [0.3, 0.4) is 0 Å². The van der Waals surface area contributed by atoms with Gasteiger partial charge in [-0.25, -0.2) is 0 Å². The number of rotatable bonds is 1. The third-order valence-corrected chi connectivity index (χ3v) is 5.65. The molecule has 2 aromatic carbocycles. The van der Waals surface area contributed by atoms with Gasteiger partial charge in [0.1, 0.15) is 0 Å². The number of nitrogens with zero attached hydrogens (tertiary/aromatic N) is 2. The number of pyridine rings is 1. The van der Waals surface area contributed by atoms with E-state index in [1.54, 1.807) is 13.0 Å². The van der Waals surface area contributed by atoms with Gasteiger partial charge in [0, 0.05) is 42.5 Å². The molecule has 0 aliphatic carbocycles. The summed E-state index contributed by atoms with van der Waals surface area (Å²) in [5, 5.41) is 0.693. The summed E-state index contributed by atoms with van der Waals surface area (Å²) in [5.41, 5.74) is 4.03. The maximum Gasteiger partial charge on any atom is 0.223 e. The third-order valence-electron chi connectivity index (χ3n) is 5.65. The van der Waals surface area contributed by atoms with Crippen LogP contribution >= 0.6 is 0 Å². The smallest absolute Gasteiger partial charge is 0.223 e. The first kappa shape index (κ1) is 17.5. The van der Waals surface area contributed by atoms with E-state index in [2.05, 4.69) is 32.0 Å². The maximum absolute atomic E-state index is 12.3. The number of hydrogen-bond acceptors (Lipinski definition) is 2. The topological polar surface area (TPSA) is 42.3 Å². The van der Waals surface area contributed by atoms with Crippen LogP contribution in [0.2, 0.25) is 0 Å². The predicted molar refractivity (Wildman–Crippen MR) is 110 cm³/mol. The Morgan fingerprint density at radius 2 is 1.85 bits per heavy atom. The Hall–Kier alpha value is -2.88. The van der Waals surface area contributed by atoms with Crippen molar-refractivity contribution in [2.75, 3.05) is 11.4 Å². The van der Waals surface area contributed by atoms with Crippen LogP contribution in [-0.4, -0.2) is 17.0 Å². The van der Waals surface area contributed by atoms with Gasteiger partial charge in [0.25, 0.3) is 0 Å². The fourth-order valence-corrected chi connectivity index (χ4v) is 4.16. The number of carbonyl (C=O) groups excluding carboxylic acids is 1. The fraction of sp³-hybridized carbons (Fsp3) is 0.304. The average Bonchev–Trinajstić information content (AvgIpc) is 2.78. The van der Waals surface area contributed by atoms with E-state index in [-0.39, 0.29) is 16.8 Å². The van der Waals surface area contributed by atoms with Crippen LogP contribution in [0.4, 0.5) is 5.69 Å². The Morgan fingerprint density at radius 3 is 2.63 bits per heavy atom. The second-order valence-corrected chi connectivity index (χ2v) is 7.93. The Morgan fingerprint density at radius 1 is 1.07 bits per heavy atom. The number of amides is 1. The van der Waals surface area contributed by atoms with Gasteiger partial charge < -0.3 is 9.47 Å². The molecular formula is C23H24N2O2. The molecule has 4 heteroatoms. The van der Waals surface area contributed by atoms with Crippen LogP contribution in [0.15, 0.2) is 59.5 Å². The highest BCUT2D eigenvalue weighted by Crippen LogP contribution is 2.40. The standard InChI is InChI=1S/C23H24N2O2/c1-16(26)24-13-6-12-23(2,3)19-10-9-17(15-21(19)24)25-14-11-22(27)18-7-4-5-8-20(18)25/h4-5,7-11,14-15H,6,12-13H2,1-3H3. The van der Waals surface area contributed by atoms with E-state index in [0.717, 1.165) is 36.3 Å². The minimum atomic E-state index is 0.0168. The molecule has 0 atom stereocenters. The van der Waals surface area contributed by atoms with E-state index in [0.29, 0.717) is 5.39 Å². The van der Waals surface area contributed by atoms with Gasteiger partial charge in [0.15, 0.2) is 5.43 Å². The molecule has 1 aliphatic rings. The predicted octanol–water partition coefficient (Wildman–Crippen LogP) is 4.42. The first-order valence-electron chi connectivity index (χ1n) is 9.42. The number of hydrogen-bond donors (Lipinski definition) is 0. The van der Waals surface area contributed by atoms with Crippen molar-refractivity contribution in [3.8, 4) is 5.69 Å². The minimum Gasteiger partial charge on any atom is -0.316 e. The molecule has 0 unspecified atom stereocenters. The number of para-hydroxylation sites is 1. The van der Waals surface area contributed by atoms with E-state index < -0.39 is 0 Å². The number of fused-ring (bicyclic) bond motifs is 2. The highest BCUT2D eigenvalue weighted by molar-refractivity contribution is 5.93. The SMILES string of the molecule is CC(=O)N1CCCC(C)(C)c2ccc(-n3ccc(=O)c4ccccc43)cc21. The highest BCUT2D eigenvalue weighted by Gasteiger charge is 2.30. The average molecular weight is 360 g/mol. The van der Waals surface area contributed by atoms with E-state index in [9.17, 15) is 9.59 Å². The summed E-state index contributed by atoms with van der Waals surface area (Å²) in [6.07, 6.45) is 3.84. The van der Waals surface area contributed by atoms with E-state index in [4.69, 9.17) is 0 Å². The summed E-state index contributed by atoms with van der Waals surface area (Å²) in [6, 6.07) is 15.5. The number of anilines is 1. The first-order chi connectivity index (χ1) is 12.9. The van der Waals surface area contributed by atoms with Crippen LogP contribution in [-0.2, 0) is 10.2 Å². The van der Waals surface area contributed by atoms with Crippen LogP contribution in [0.25, 0.3) is 16.6 Å². The number of benzene rings is 2. The van der Waals surface area contributed by atoms with Gasteiger partial charge in [0.2, 0.25) is 5.91 Å². The van der Waals surface area contributed by atoms with Crippen LogP contribution < -0.4 is 10.3 Å². The van der Waals surface area contributed by atoms with Crippen molar-refractivity contribution in [3.63, 3.8) is 0 Å². The third kappa shape index (κ3) is 2.95. The van der Waals surface area contributed by atoms with Gasteiger partial charge >= 0.3 is 0 Å². The number of aromatic nitrogens is 1. The molecule has 0 N–H and O–H groups in total. The Labute approximate surface area is 159 Å². The Kier molecular flexibility index (Phi) is 4.14. The lowest BCUT2D eigenvalue weighted by atomic mass is 9.80. The maximum atomic E-state index is 12.3. The lowest BCUT2D eigenvalue weighted by Gasteiger charge is -2.28. The summed E-state index contributed by atoms with van der Waals surface area (Å²) < 4.78 is 2.02. The summed E-state index contributed by atoms with van der Waals surface area (Å²) in [6.45, 7) is 6.84. The fourth-order valence-electron chi connectivity index (χ4n) is 4.16. The van der Waals surface area contributed by atoms with Crippen molar-refractivity contribution in [3.05, 3.63) is 70.5 Å². The zero-order valence-electron chi connectivity index (χ0n) is 16.0. The second-order valence-electron chi connectivity index (χ2n) is 7.93. The molecule has 0 saturated heterocycles. The monoisotopic (exact) mass is 360 g/mol. The summed E-state index contributed by atoms with van der Waals surface area (Å²) in [7, 11) is 0. The van der Waals surface area contributed by atoms with Crippen molar-refractivity contribution in [1.29, 1.82) is 0 Å². The molecule has 0 radical (unpaired) electrons. The van der Waals surface area contributed by atoms with Gasteiger partial charge in [-0.2, -0.15) is 0 Å². The van der Waals surface area contributed by atoms with Crippen molar-refractivity contribution in [2.45, 2.75) is 39.0 Å². The van der Waals surface area contributed by atoms with Crippen LogP contribution in [0, 0.1) is 0 Å². The molecular weight excluding hydrogens is 336 g/mol. The van der Waals surface area contributed by atoms with Gasteiger partial charge in [-0.3, -0.25) is 9.59 Å². The molecule has 4 rings (SSSR count). The minimum absolute atomic E-state index is 0.0168. The quantitative estimate of drug-likeness (QED) is 0.645. The zero-order chi connectivity index (χ0) is 19.2. The number of carbonyl (C=O) groups is 1. The largest absolute Gasteiger partial charge is 0.316 e. The molecule has 2 heterocycles. The molecule has 3 aromatic rings. The van der Waals surface area contributed by atoms with E-state index in [1.165, 1.54) is 5.56 Å². The lowest BCUT2D eigenvalue weighted by molar-refractivity contribution is -0.116. The van der Waals surface area contributed by atoms with Crippen molar-refractivity contribution >= 4 is 22.5 Å². The normalized spacial score (nSPS) is 16.0. The summed E-state index contributed by atoms with van der Waals surface area (Å²) >= 11 is 0. The van der Waals surface area contributed by atoms with E-state index >= 15 is 0 Å². The molecule has 0 bridgehead atoms. The zero-order valence-corrected chi connectivity index (χ0v) is 16.0.